The summed E-state index contributed by atoms with van der Waals surface area (Å²) in [4.78, 5) is 12.3. The molecule has 5 heteroatoms. The number of amides is 1. The topological polar surface area (TPSA) is 64.3 Å². The molecule has 0 aromatic heterocycles. The molecule has 1 amide bonds. The lowest BCUT2D eigenvalue weighted by Gasteiger charge is -2.11. The molecule has 0 fully saturated rings. The van der Waals surface area contributed by atoms with Gasteiger partial charge in [-0.05, 0) is 37.3 Å². The van der Waals surface area contributed by atoms with E-state index in [1.54, 1.807) is 12.1 Å². The van der Waals surface area contributed by atoms with E-state index in [0.29, 0.717) is 22.6 Å². The van der Waals surface area contributed by atoms with E-state index in [-0.39, 0.29) is 18.3 Å². The lowest BCUT2D eigenvalue weighted by molar-refractivity contribution is 0.102. The number of carbonyl (C=O) groups is 1. The summed E-state index contributed by atoms with van der Waals surface area (Å²) in [5.41, 5.74) is 7.67. The van der Waals surface area contributed by atoms with E-state index < -0.39 is 0 Å². The summed E-state index contributed by atoms with van der Waals surface area (Å²) in [7, 11) is 1.51. The minimum absolute atomic E-state index is 0.0727. The fraction of sp³-hybridized carbons (Fsp3) is 0.188. The Bertz CT molecular complexity index is 671. The molecule has 0 unspecified atom stereocenters. The fourth-order valence-electron chi connectivity index (χ4n) is 2.01. The molecular weight excluding hydrogens is 271 g/mol. The monoisotopic (exact) mass is 288 g/mol. The number of methoxy groups -OCH3 is 1. The van der Waals surface area contributed by atoms with Crippen molar-refractivity contribution in [2.75, 3.05) is 12.4 Å². The van der Waals surface area contributed by atoms with Crippen molar-refractivity contribution in [1.82, 2.24) is 0 Å². The van der Waals surface area contributed by atoms with E-state index in [1.807, 2.05) is 13.0 Å². The average Bonchev–Trinajstić information content (AvgIpc) is 2.49. The highest BCUT2D eigenvalue weighted by atomic mass is 19.1. The second kappa shape index (κ2) is 6.37. The van der Waals surface area contributed by atoms with Gasteiger partial charge in [-0.1, -0.05) is 11.6 Å². The van der Waals surface area contributed by atoms with Gasteiger partial charge in [-0.2, -0.15) is 0 Å². The van der Waals surface area contributed by atoms with E-state index in [4.69, 9.17) is 10.5 Å². The molecule has 2 rings (SSSR count). The molecule has 21 heavy (non-hydrogen) atoms. The summed E-state index contributed by atoms with van der Waals surface area (Å²) in [6.45, 7) is 1.96. The van der Waals surface area contributed by atoms with Gasteiger partial charge in [-0.3, -0.25) is 4.79 Å². The third kappa shape index (κ3) is 3.38. The largest absolute Gasteiger partial charge is 0.496 e. The smallest absolute Gasteiger partial charge is 0.259 e. The molecule has 0 aliphatic carbocycles. The zero-order chi connectivity index (χ0) is 15.4. The lowest BCUT2D eigenvalue weighted by atomic mass is 10.1. The predicted molar refractivity (Wildman–Crippen MR) is 80.0 cm³/mol. The Labute approximate surface area is 122 Å². The SMILES string of the molecule is COc1ccc(C)cc1C(=O)Nc1ccc(F)c(CN)c1. The van der Waals surface area contributed by atoms with Gasteiger partial charge in [-0.25, -0.2) is 4.39 Å². The van der Waals surface area contributed by atoms with Gasteiger partial charge < -0.3 is 15.8 Å². The van der Waals surface area contributed by atoms with Crippen LogP contribution in [-0.2, 0) is 6.54 Å². The number of hydrogen-bond acceptors (Lipinski definition) is 3. The zero-order valence-electron chi connectivity index (χ0n) is 11.9. The molecule has 2 aromatic carbocycles. The van der Waals surface area contributed by atoms with Crippen molar-refractivity contribution in [3.8, 4) is 5.75 Å². The normalized spacial score (nSPS) is 10.3. The Morgan fingerprint density at radius 2 is 2.05 bits per heavy atom. The zero-order valence-corrected chi connectivity index (χ0v) is 11.9. The number of benzene rings is 2. The van der Waals surface area contributed by atoms with Gasteiger partial charge in [0.05, 0.1) is 12.7 Å². The summed E-state index contributed by atoms with van der Waals surface area (Å²) in [5.74, 6) is -0.215. The van der Waals surface area contributed by atoms with Gasteiger partial charge in [0.15, 0.2) is 0 Å². The van der Waals surface area contributed by atoms with Crippen molar-refractivity contribution >= 4 is 11.6 Å². The second-order valence-electron chi connectivity index (χ2n) is 4.67. The van der Waals surface area contributed by atoms with Gasteiger partial charge in [0, 0.05) is 17.8 Å². The molecule has 2 aromatic rings. The fourth-order valence-corrected chi connectivity index (χ4v) is 2.01. The van der Waals surface area contributed by atoms with E-state index in [0.717, 1.165) is 5.56 Å². The molecule has 0 saturated heterocycles. The Morgan fingerprint density at radius 1 is 1.29 bits per heavy atom. The number of halogens is 1. The maximum absolute atomic E-state index is 13.4. The third-order valence-corrected chi connectivity index (χ3v) is 3.12. The van der Waals surface area contributed by atoms with Crippen LogP contribution >= 0.6 is 0 Å². The van der Waals surface area contributed by atoms with E-state index in [2.05, 4.69) is 5.32 Å². The quantitative estimate of drug-likeness (QED) is 0.909. The van der Waals surface area contributed by atoms with E-state index in [9.17, 15) is 9.18 Å². The number of nitrogens with one attached hydrogen (secondary N) is 1. The number of anilines is 1. The molecular formula is C16H17FN2O2. The Morgan fingerprint density at radius 3 is 2.71 bits per heavy atom. The summed E-state index contributed by atoms with van der Waals surface area (Å²) in [5, 5.41) is 2.72. The molecule has 110 valence electrons. The van der Waals surface area contributed by atoms with Crippen molar-refractivity contribution < 1.29 is 13.9 Å². The molecule has 0 atom stereocenters. The van der Waals surface area contributed by atoms with E-state index >= 15 is 0 Å². The maximum atomic E-state index is 13.4. The van der Waals surface area contributed by atoms with Crippen LogP contribution in [0.25, 0.3) is 0 Å². The van der Waals surface area contributed by atoms with Gasteiger partial charge >= 0.3 is 0 Å². The van der Waals surface area contributed by atoms with Crippen LogP contribution < -0.4 is 15.8 Å². The van der Waals surface area contributed by atoms with Crippen molar-refractivity contribution in [2.24, 2.45) is 5.73 Å². The van der Waals surface area contributed by atoms with Gasteiger partial charge in [0.1, 0.15) is 11.6 Å². The number of aryl methyl sites for hydroxylation is 1. The average molecular weight is 288 g/mol. The van der Waals surface area contributed by atoms with Crippen LogP contribution in [0.5, 0.6) is 5.75 Å². The Kier molecular flexibility index (Phi) is 4.55. The first kappa shape index (κ1) is 15.0. The molecule has 3 N–H and O–H groups in total. The second-order valence-corrected chi connectivity index (χ2v) is 4.67. The number of hydrogen-bond donors (Lipinski definition) is 2. The van der Waals surface area contributed by atoms with Crippen molar-refractivity contribution in [2.45, 2.75) is 13.5 Å². The molecule has 0 saturated carbocycles. The van der Waals surface area contributed by atoms with Crippen molar-refractivity contribution in [1.29, 1.82) is 0 Å². The summed E-state index contributed by atoms with van der Waals surface area (Å²) < 4.78 is 18.6. The molecule has 0 bridgehead atoms. The predicted octanol–water partition coefficient (Wildman–Crippen LogP) is 2.85. The van der Waals surface area contributed by atoms with Gasteiger partial charge in [0.25, 0.3) is 5.91 Å². The Balaban J connectivity index is 2.28. The number of ether oxygens (including phenoxy) is 1. The number of nitrogens with two attached hydrogens (primary N) is 1. The lowest BCUT2D eigenvalue weighted by Crippen LogP contribution is -2.14. The van der Waals surface area contributed by atoms with Crippen LogP contribution in [0, 0.1) is 12.7 Å². The molecule has 0 spiro atoms. The van der Waals surface area contributed by atoms with Crippen molar-refractivity contribution in [3.05, 3.63) is 58.9 Å². The summed E-state index contributed by atoms with van der Waals surface area (Å²) in [6.07, 6.45) is 0. The molecule has 0 aliphatic heterocycles. The molecule has 4 nitrogen and oxygen atoms in total. The minimum atomic E-state index is -0.386. The van der Waals surface area contributed by atoms with Crippen LogP contribution in [0.2, 0.25) is 0 Å². The highest BCUT2D eigenvalue weighted by Gasteiger charge is 2.13. The van der Waals surface area contributed by atoms with Crippen LogP contribution in [0.3, 0.4) is 0 Å². The van der Waals surface area contributed by atoms with Crippen LogP contribution in [0.1, 0.15) is 21.5 Å². The highest BCUT2D eigenvalue weighted by molar-refractivity contribution is 6.06. The van der Waals surface area contributed by atoms with E-state index in [1.165, 1.54) is 25.3 Å². The maximum Gasteiger partial charge on any atom is 0.259 e. The molecule has 0 heterocycles. The highest BCUT2D eigenvalue weighted by Crippen LogP contribution is 2.22. The first-order valence-electron chi connectivity index (χ1n) is 6.49. The molecule has 0 radical (unpaired) electrons. The first-order valence-corrected chi connectivity index (χ1v) is 6.49. The van der Waals surface area contributed by atoms with Gasteiger partial charge in [0.2, 0.25) is 0 Å². The van der Waals surface area contributed by atoms with Crippen molar-refractivity contribution in [3.63, 3.8) is 0 Å². The standard InChI is InChI=1S/C16H17FN2O2/c1-10-3-6-15(21-2)13(7-10)16(20)19-12-4-5-14(17)11(8-12)9-18/h3-8H,9,18H2,1-2H3,(H,19,20). The minimum Gasteiger partial charge on any atom is -0.496 e. The Hall–Kier alpha value is -2.40. The van der Waals surface area contributed by atoms with Crippen LogP contribution in [0.15, 0.2) is 36.4 Å². The van der Waals surface area contributed by atoms with Crippen LogP contribution in [0.4, 0.5) is 10.1 Å². The van der Waals surface area contributed by atoms with Crippen LogP contribution in [-0.4, -0.2) is 13.0 Å². The first-order chi connectivity index (χ1) is 10.0. The number of rotatable bonds is 4. The molecule has 0 aliphatic rings. The van der Waals surface area contributed by atoms with Gasteiger partial charge in [-0.15, -0.1) is 0 Å². The number of carbonyl (C=O) groups excluding carboxylic acids is 1. The summed E-state index contributed by atoms with van der Waals surface area (Å²) >= 11 is 0. The summed E-state index contributed by atoms with van der Waals surface area (Å²) in [6, 6.07) is 9.64. The third-order valence-electron chi connectivity index (χ3n) is 3.12.